The number of nitrogens with zero attached hydrogens (tertiary/aromatic N) is 2. The summed E-state index contributed by atoms with van der Waals surface area (Å²) >= 11 is 0. The lowest BCUT2D eigenvalue weighted by Gasteiger charge is -2.03. The van der Waals surface area contributed by atoms with Crippen LogP contribution >= 0.6 is 0 Å². The Kier molecular flexibility index (Phi) is 2.19. The Balaban J connectivity index is 2.80. The minimum atomic E-state index is 0.531. The molecule has 0 atom stereocenters. The van der Waals surface area contributed by atoms with Crippen molar-refractivity contribution in [3.8, 4) is 5.75 Å². The van der Waals surface area contributed by atoms with E-state index < -0.39 is 0 Å². The molecule has 0 fully saturated rings. The first-order chi connectivity index (χ1) is 7.17. The maximum Gasteiger partial charge on any atom is 0.153 e. The number of hydrogen-bond donors (Lipinski definition) is 0. The number of hydrogen-bond acceptors (Lipinski definition) is 3. The molecule has 1 aromatic carbocycles. The van der Waals surface area contributed by atoms with Gasteiger partial charge in [0.2, 0.25) is 0 Å². The minimum Gasteiger partial charge on any atom is -0.496 e. The molecule has 15 heavy (non-hydrogen) atoms. The maximum absolute atomic E-state index is 10.8. The van der Waals surface area contributed by atoms with Gasteiger partial charge in [-0.25, -0.2) is 4.98 Å². The van der Waals surface area contributed by atoms with Gasteiger partial charge in [-0.2, -0.15) is 0 Å². The van der Waals surface area contributed by atoms with Gasteiger partial charge in [-0.05, 0) is 13.0 Å². The number of rotatable bonds is 2. The van der Waals surface area contributed by atoms with Crippen LogP contribution in [0.1, 0.15) is 16.2 Å². The average Bonchev–Trinajstić information content (AvgIpc) is 2.53. The number of aldehydes is 1. The second kappa shape index (κ2) is 3.38. The van der Waals surface area contributed by atoms with Crippen LogP contribution in [0.4, 0.5) is 0 Å². The molecular weight excluding hydrogens is 192 g/mol. The summed E-state index contributed by atoms with van der Waals surface area (Å²) in [6.45, 7) is 1.92. The van der Waals surface area contributed by atoms with E-state index in [9.17, 15) is 4.79 Å². The number of imidazole rings is 1. The lowest BCUT2D eigenvalue weighted by Crippen LogP contribution is -1.93. The fourth-order valence-electron chi connectivity index (χ4n) is 1.62. The molecule has 0 N–H and O–H groups in total. The van der Waals surface area contributed by atoms with Crippen molar-refractivity contribution in [1.29, 1.82) is 0 Å². The van der Waals surface area contributed by atoms with E-state index in [0.717, 1.165) is 23.1 Å². The molecule has 4 heteroatoms. The van der Waals surface area contributed by atoms with E-state index in [0.29, 0.717) is 11.3 Å². The van der Waals surface area contributed by atoms with Crippen molar-refractivity contribution in [2.24, 2.45) is 7.05 Å². The number of carbonyl (C=O) groups excluding carboxylic acids is 1. The van der Waals surface area contributed by atoms with Crippen LogP contribution in [-0.2, 0) is 7.05 Å². The second-order valence-electron chi connectivity index (χ2n) is 3.42. The lowest BCUT2D eigenvalue weighted by molar-refractivity contribution is 0.112. The molecule has 2 rings (SSSR count). The summed E-state index contributed by atoms with van der Waals surface area (Å²) in [5.74, 6) is 1.50. The molecule has 0 spiro atoms. The zero-order valence-electron chi connectivity index (χ0n) is 8.94. The van der Waals surface area contributed by atoms with E-state index in [2.05, 4.69) is 4.98 Å². The smallest absolute Gasteiger partial charge is 0.153 e. The fraction of sp³-hybridized carbons (Fsp3) is 0.273. The Hall–Kier alpha value is -1.84. The van der Waals surface area contributed by atoms with Gasteiger partial charge >= 0.3 is 0 Å². The summed E-state index contributed by atoms with van der Waals surface area (Å²) < 4.78 is 7.10. The van der Waals surface area contributed by atoms with Gasteiger partial charge in [-0.1, -0.05) is 0 Å². The van der Waals surface area contributed by atoms with Crippen molar-refractivity contribution in [2.45, 2.75) is 6.92 Å². The highest BCUT2D eigenvalue weighted by molar-refractivity contribution is 5.89. The molecule has 0 amide bonds. The Morgan fingerprint density at radius 2 is 2.20 bits per heavy atom. The third-order valence-corrected chi connectivity index (χ3v) is 2.58. The first-order valence-corrected chi connectivity index (χ1v) is 4.63. The lowest BCUT2D eigenvalue weighted by atomic mass is 10.2. The number of methoxy groups -OCH3 is 1. The van der Waals surface area contributed by atoms with Crippen LogP contribution in [-0.4, -0.2) is 22.9 Å². The van der Waals surface area contributed by atoms with E-state index in [1.165, 1.54) is 0 Å². The van der Waals surface area contributed by atoms with Crippen molar-refractivity contribution in [3.63, 3.8) is 0 Å². The number of ether oxygens (including phenoxy) is 1. The highest BCUT2D eigenvalue weighted by Crippen LogP contribution is 2.24. The highest BCUT2D eigenvalue weighted by atomic mass is 16.5. The molecule has 0 aliphatic heterocycles. The van der Waals surface area contributed by atoms with Crippen LogP contribution in [0.2, 0.25) is 0 Å². The van der Waals surface area contributed by atoms with Gasteiger partial charge in [0.1, 0.15) is 11.6 Å². The SMILES string of the molecule is COc1cc2c(cc1C=O)nc(C)n2C. The third kappa shape index (κ3) is 1.38. The standard InChI is InChI=1S/C11H12N2O2/c1-7-12-9-4-8(6-14)11(15-3)5-10(9)13(7)2/h4-6H,1-3H3. The molecule has 4 nitrogen and oxygen atoms in total. The zero-order valence-corrected chi connectivity index (χ0v) is 8.94. The van der Waals surface area contributed by atoms with Crippen molar-refractivity contribution in [2.75, 3.05) is 7.11 Å². The van der Waals surface area contributed by atoms with Crippen LogP contribution in [0.25, 0.3) is 11.0 Å². The largest absolute Gasteiger partial charge is 0.496 e. The summed E-state index contributed by atoms with van der Waals surface area (Å²) in [6.07, 6.45) is 0.780. The topological polar surface area (TPSA) is 44.1 Å². The predicted octanol–water partition coefficient (Wildman–Crippen LogP) is 1.70. The van der Waals surface area contributed by atoms with Crippen LogP contribution in [0.5, 0.6) is 5.75 Å². The molecule has 0 aliphatic carbocycles. The van der Waals surface area contributed by atoms with Gasteiger partial charge in [0.25, 0.3) is 0 Å². The Morgan fingerprint density at radius 1 is 1.47 bits per heavy atom. The summed E-state index contributed by atoms with van der Waals surface area (Å²) in [7, 11) is 3.49. The normalized spacial score (nSPS) is 10.6. The first-order valence-electron chi connectivity index (χ1n) is 4.63. The summed E-state index contributed by atoms with van der Waals surface area (Å²) in [4.78, 5) is 15.2. The zero-order chi connectivity index (χ0) is 11.0. The van der Waals surface area contributed by atoms with Gasteiger partial charge in [0, 0.05) is 13.1 Å². The predicted molar refractivity (Wildman–Crippen MR) is 57.4 cm³/mol. The van der Waals surface area contributed by atoms with Crippen molar-refractivity contribution in [1.82, 2.24) is 9.55 Å². The molecule has 0 bridgehead atoms. The monoisotopic (exact) mass is 204 g/mol. The molecule has 0 saturated carbocycles. The third-order valence-electron chi connectivity index (χ3n) is 2.58. The van der Waals surface area contributed by atoms with Gasteiger partial charge < -0.3 is 9.30 Å². The molecule has 1 aromatic heterocycles. The number of carbonyl (C=O) groups is 1. The Morgan fingerprint density at radius 3 is 2.80 bits per heavy atom. The second-order valence-corrected chi connectivity index (χ2v) is 3.42. The van der Waals surface area contributed by atoms with E-state index in [4.69, 9.17) is 4.74 Å². The van der Waals surface area contributed by atoms with Crippen molar-refractivity contribution in [3.05, 3.63) is 23.5 Å². The van der Waals surface area contributed by atoms with Gasteiger partial charge in [0.15, 0.2) is 6.29 Å². The number of aromatic nitrogens is 2. The number of aryl methyl sites for hydroxylation is 2. The van der Waals surface area contributed by atoms with E-state index in [1.54, 1.807) is 13.2 Å². The van der Waals surface area contributed by atoms with Crippen LogP contribution in [0.15, 0.2) is 12.1 Å². The summed E-state index contributed by atoms with van der Waals surface area (Å²) in [5.41, 5.74) is 2.32. The Bertz CT molecular complexity index is 529. The van der Waals surface area contributed by atoms with Gasteiger partial charge in [-0.3, -0.25) is 4.79 Å². The summed E-state index contributed by atoms with van der Waals surface area (Å²) in [5, 5.41) is 0. The molecular formula is C11H12N2O2. The molecule has 0 radical (unpaired) electrons. The van der Waals surface area contributed by atoms with Crippen molar-refractivity contribution >= 4 is 17.3 Å². The van der Waals surface area contributed by atoms with Gasteiger partial charge in [-0.15, -0.1) is 0 Å². The molecule has 2 aromatic rings. The number of fused-ring (bicyclic) bond motifs is 1. The molecule has 0 saturated heterocycles. The minimum absolute atomic E-state index is 0.531. The van der Waals surface area contributed by atoms with E-state index >= 15 is 0 Å². The summed E-state index contributed by atoms with van der Waals surface area (Å²) in [6, 6.07) is 3.58. The highest BCUT2D eigenvalue weighted by Gasteiger charge is 2.09. The van der Waals surface area contributed by atoms with Crippen LogP contribution in [0, 0.1) is 6.92 Å². The first kappa shape index (κ1) is 9.71. The van der Waals surface area contributed by atoms with Gasteiger partial charge in [0.05, 0.1) is 23.7 Å². The molecule has 0 unspecified atom stereocenters. The molecule has 78 valence electrons. The van der Waals surface area contributed by atoms with Crippen LogP contribution in [0.3, 0.4) is 0 Å². The molecule has 1 heterocycles. The quantitative estimate of drug-likeness (QED) is 0.699. The van der Waals surface area contributed by atoms with E-state index in [1.807, 2.05) is 24.6 Å². The van der Waals surface area contributed by atoms with E-state index in [-0.39, 0.29) is 0 Å². The van der Waals surface area contributed by atoms with Crippen molar-refractivity contribution < 1.29 is 9.53 Å². The Labute approximate surface area is 87.5 Å². The van der Waals surface area contributed by atoms with Crippen LogP contribution < -0.4 is 4.74 Å². The maximum atomic E-state index is 10.8. The average molecular weight is 204 g/mol. The number of benzene rings is 1. The molecule has 0 aliphatic rings. The fourth-order valence-corrected chi connectivity index (χ4v) is 1.62.